The van der Waals surface area contributed by atoms with E-state index in [9.17, 15) is 9.59 Å². The minimum atomic E-state index is -0.533. The summed E-state index contributed by atoms with van der Waals surface area (Å²) in [6.07, 6.45) is 1.47. The van der Waals surface area contributed by atoms with Crippen LogP contribution in [0.1, 0.15) is 39.1 Å². The second-order valence-corrected chi connectivity index (χ2v) is 10.4. The van der Waals surface area contributed by atoms with E-state index in [1.165, 1.54) is 4.40 Å². The van der Waals surface area contributed by atoms with Crippen LogP contribution in [-0.4, -0.2) is 66.3 Å². The molecular weight excluding hydrogens is 458 g/mol. The van der Waals surface area contributed by atoms with Crippen LogP contribution in [0.3, 0.4) is 0 Å². The summed E-state index contributed by atoms with van der Waals surface area (Å²) < 4.78 is 8.88. The highest BCUT2D eigenvalue weighted by Crippen LogP contribution is 2.23. The van der Waals surface area contributed by atoms with Crippen LogP contribution < -0.4 is 10.6 Å². The number of nitrogens with zero attached hydrogens (tertiary/aromatic N) is 7. The molecule has 0 bridgehead atoms. The first-order chi connectivity index (χ1) is 17.0. The van der Waals surface area contributed by atoms with Crippen molar-refractivity contribution in [3.63, 3.8) is 0 Å². The standard InChI is InChI=1S/C26H31N7O3/c1-16-11-21-13-19(12-17(2)33(21)29-16)23-27-22-8-7-20(15-32(22)24(34)28-23)30-9-10-31(18(3)14-30)25(35)36-26(4,5)6/h7-8,11-13,15,18H,9-10,14H2,1-6H3. The third-order valence-electron chi connectivity index (χ3n) is 6.28. The van der Waals surface area contributed by atoms with Gasteiger partial charge in [0.1, 0.15) is 11.2 Å². The van der Waals surface area contributed by atoms with Gasteiger partial charge in [-0.2, -0.15) is 10.1 Å². The zero-order valence-electron chi connectivity index (χ0n) is 21.5. The quantitative estimate of drug-likeness (QED) is 0.425. The second kappa shape index (κ2) is 8.61. The SMILES string of the molecule is Cc1cc2cc(-c3nc(=O)n4cc(N5CCN(C(=O)OC(C)(C)C)C(C)C5)ccc4n3)cc(C)n2n1. The lowest BCUT2D eigenvalue weighted by Crippen LogP contribution is -2.55. The molecule has 4 aromatic rings. The minimum absolute atomic E-state index is 0.0371. The van der Waals surface area contributed by atoms with Crippen LogP contribution in [0.5, 0.6) is 0 Å². The third-order valence-corrected chi connectivity index (χ3v) is 6.28. The Bertz CT molecular complexity index is 1530. The topological polar surface area (TPSA) is 97.3 Å². The number of aromatic nitrogens is 5. The summed E-state index contributed by atoms with van der Waals surface area (Å²) in [5, 5.41) is 4.48. The molecule has 188 valence electrons. The zero-order valence-corrected chi connectivity index (χ0v) is 21.5. The van der Waals surface area contributed by atoms with Gasteiger partial charge in [0.05, 0.1) is 16.9 Å². The number of ether oxygens (including phenoxy) is 1. The van der Waals surface area contributed by atoms with E-state index >= 15 is 0 Å². The number of fused-ring (bicyclic) bond motifs is 2. The van der Waals surface area contributed by atoms with Crippen LogP contribution in [0.15, 0.2) is 41.3 Å². The summed E-state index contributed by atoms with van der Waals surface area (Å²) >= 11 is 0. The van der Waals surface area contributed by atoms with Gasteiger partial charge in [-0.05, 0) is 71.9 Å². The summed E-state index contributed by atoms with van der Waals surface area (Å²) in [6.45, 7) is 13.3. The van der Waals surface area contributed by atoms with Crippen molar-refractivity contribution in [3.8, 4) is 11.4 Å². The maximum atomic E-state index is 13.0. The fourth-order valence-corrected chi connectivity index (χ4v) is 4.63. The lowest BCUT2D eigenvalue weighted by molar-refractivity contribution is 0.0159. The smallest absolute Gasteiger partial charge is 0.410 e. The molecule has 1 amide bonds. The van der Waals surface area contributed by atoms with E-state index in [1.807, 2.05) is 76.4 Å². The van der Waals surface area contributed by atoms with E-state index in [4.69, 9.17) is 4.74 Å². The van der Waals surface area contributed by atoms with Gasteiger partial charge in [-0.1, -0.05) is 0 Å². The number of carbonyl (C=O) groups is 1. The Morgan fingerprint density at radius 2 is 1.86 bits per heavy atom. The Kier molecular flexibility index (Phi) is 5.69. The number of amides is 1. The molecule has 10 heteroatoms. The van der Waals surface area contributed by atoms with Crippen LogP contribution >= 0.6 is 0 Å². The molecule has 0 radical (unpaired) electrons. The molecule has 0 saturated carbocycles. The van der Waals surface area contributed by atoms with E-state index < -0.39 is 5.60 Å². The average molecular weight is 490 g/mol. The second-order valence-electron chi connectivity index (χ2n) is 10.4. The van der Waals surface area contributed by atoms with Crippen molar-refractivity contribution in [2.24, 2.45) is 0 Å². The molecule has 0 aromatic carbocycles. The number of hydrogen-bond donors (Lipinski definition) is 0. The van der Waals surface area contributed by atoms with Crippen LogP contribution in [0, 0.1) is 13.8 Å². The van der Waals surface area contributed by atoms with Gasteiger partial charge in [0.25, 0.3) is 0 Å². The molecule has 1 saturated heterocycles. The van der Waals surface area contributed by atoms with E-state index in [1.54, 1.807) is 11.1 Å². The lowest BCUT2D eigenvalue weighted by Gasteiger charge is -2.41. The molecule has 1 aliphatic rings. The van der Waals surface area contributed by atoms with Gasteiger partial charge in [-0.25, -0.2) is 23.5 Å². The van der Waals surface area contributed by atoms with Gasteiger partial charge < -0.3 is 14.5 Å². The molecule has 4 aromatic heterocycles. The highest BCUT2D eigenvalue weighted by atomic mass is 16.6. The number of piperazine rings is 1. The van der Waals surface area contributed by atoms with Gasteiger partial charge in [-0.3, -0.25) is 0 Å². The summed E-state index contributed by atoms with van der Waals surface area (Å²) in [5.41, 5.74) is 4.05. The van der Waals surface area contributed by atoms with Crippen molar-refractivity contribution in [2.45, 2.75) is 53.2 Å². The normalized spacial score (nSPS) is 16.7. The molecule has 1 unspecified atom stereocenters. The van der Waals surface area contributed by atoms with E-state index in [0.29, 0.717) is 31.1 Å². The van der Waals surface area contributed by atoms with Crippen molar-refractivity contribution >= 4 is 22.9 Å². The van der Waals surface area contributed by atoms with Crippen molar-refractivity contribution in [1.29, 1.82) is 0 Å². The monoisotopic (exact) mass is 489 g/mol. The van der Waals surface area contributed by atoms with Crippen LogP contribution in [0.25, 0.3) is 22.6 Å². The van der Waals surface area contributed by atoms with Crippen LogP contribution in [0.2, 0.25) is 0 Å². The lowest BCUT2D eigenvalue weighted by atomic mass is 10.1. The maximum Gasteiger partial charge on any atom is 0.410 e. The number of rotatable bonds is 2. The van der Waals surface area contributed by atoms with Crippen molar-refractivity contribution in [2.75, 3.05) is 24.5 Å². The van der Waals surface area contributed by atoms with E-state index in [2.05, 4.69) is 20.0 Å². The average Bonchev–Trinajstić information content (AvgIpc) is 3.18. The Morgan fingerprint density at radius 3 is 2.58 bits per heavy atom. The predicted octanol–water partition coefficient (Wildman–Crippen LogP) is 3.47. The highest BCUT2D eigenvalue weighted by Gasteiger charge is 2.31. The molecule has 1 aliphatic heterocycles. The highest BCUT2D eigenvalue weighted by molar-refractivity contribution is 5.69. The first-order valence-corrected chi connectivity index (χ1v) is 12.1. The first kappa shape index (κ1) is 23.8. The molecule has 0 N–H and O–H groups in total. The molecule has 1 atom stereocenters. The van der Waals surface area contributed by atoms with Crippen molar-refractivity contribution in [1.82, 2.24) is 28.9 Å². The van der Waals surface area contributed by atoms with Gasteiger partial charge in [-0.15, -0.1) is 0 Å². The molecule has 5 rings (SSSR count). The number of carbonyl (C=O) groups excluding carboxylic acids is 1. The number of aryl methyl sites for hydroxylation is 2. The molecular formula is C26H31N7O3. The van der Waals surface area contributed by atoms with Gasteiger partial charge in [0, 0.05) is 43.1 Å². The van der Waals surface area contributed by atoms with Gasteiger partial charge >= 0.3 is 11.8 Å². The number of pyridine rings is 2. The predicted molar refractivity (Wildman–Crippen MR) is 138 cm³/mol. The maximum absolute atomic E-state index is 13.0. The summed E-state index contributed by atoms with van der Waals surface area (Å²) in [4.78, 5) is 38.4. The van der Waals surface area contributed by atoms with Crippen LogP contribution in [0.4, 0.5) is 10.5 Å². The summed E-state index contributed by atoms with van der Waals surface area (Å²) in [6, 6.07) is 9.62. The summed E-state index contributed by atoms with van der Waals surface area (Å²) in [7, 11) is 0. The first-order valence-electron chi connectivity index (χ1n) is 12.1. The molecule has 36 heavy (non-hydrogen) atoms. The van der Waals surface area contributed by atoms with Gasteiger partial charge in [0.15, 0.2) is 5.82 Å². The Labute approximate surface area is 209 Å². The number of hydrogen-bond acceptors (Lipinski definition) is 7. The molecule has 5 heterocycles. The Morgan fingerprint density at radius 1 is 1.08 bits per heavy atom. The third kappa shape index (κ3) is 4.50. The minimum Gasteiger partial charge on any atom is -0.444 e. The zero-order chi connectivity index (χ0) is 25.8. The molecule has 10 nitrogen and oxygen atoms in total. The molecule has 1 fully saturated rings. The van der Waals surface area contributed by atoms with E-state index in [0.717, 1.165) is 28.2 Å². The largest absolute Gasteiger partial charge is 0.444 e. The number of anilines is 1. The van der Waals surface area contributed by atoms with Crippen LogP contribution in [-0.2, 0) is 4.74 Å². The molecule has 0 spiro atoms. The fraction of sp³-hybridized carbons (Fsp3) is 0.423. The fourth-order valence-electron chi connectivity index (χ4n) is 4.63. The summed E-state index contributed by atoms with van der Waals surface area (Å²) in [5.74, 6) is 0.386. The molecule has 0 aliphatic carbocycles. The van der Waals surface area contributed by atoms with Crippen molar-refractivity contribution < 1.29 is 9.53 Å². The van der Waals surface area contributed by atoms with Gasteiger partial charge in [0.2, 0.25) is 0 Å². The Balaban J connectivity index is 1.41. The van der Waals surface area contributed by atoms with Crippen molar-refractivity contribution in [3.05, 3.63) is 58.4 Å². The Hall–Kier alpha value is -3.95. The van der Waals surface area contributed by atoms with E-state index in [-0.39, 0.29) is 17.8 Å².